The molecule has 1 aliphatic heterocycles. The standard InChI is InChI=1S/C33H31N5O4/c1-33(2)16-22-25-21-12-7-6-9-18(21)13-14-23(25)34-27(26(22)24(39)17-33)19-10-8-11-20(15-19)42-31-35-29-28(36(31)3)30(40)38(5)32(41)37(29)4/h6-15,27,34H,16-17H2,1-5H3/t27-/m1/s1. The van der Waals surface area contributed by atoms with E-state index < -0.39 is 11.2 Å². The number of anilines is 1. The number of imidazole rings is 1. The van der Waals surface area contributed by atoms with E-state index >= 15 is 0 Å². The Bertz CT molecular complexity index is 2130. The zero-order valence-corrected chi connectivity index (χ0v) is 24.2. The number of Topliss-reactive ketones (excluding diaryl/α,β-unsaturated/α-hetero) is 1. The van der Waals surface area contributed by atoms with Crippen molar-refractivity contribution in [2.75, 3.05) is 5.32 Å². The molecule has 0 spiro atoms. The molecule has 2 aromatic heterocycles. The number of carbonyl (C=O) groups excluding carboxylic acids is 1. The van der Waals surface area contributed by atoms with Crippen LogP contribution in [0.4, 0.5) is 5.69 Å². The van der Waals surface area contributed by atoms with E-state index in [1.165, 1.54) is 11.6 Å². The van der Waals surface area contributed by atoms with Gasteiger partial charge in [0, 0.05) is 44.4 Å². The molecular weight excluding hydrogens is 530 g/mol. The zero-order valence-electron chi connectivity index (χ0n) is 24.2. The maximum atomic E-state index is 13.8. The Morgan fingerprint density at radius 3 is 2.50 bits per heavy atom. The third kappa shape index (κ3) is 3.83. The summed E-state index contributed by atoms with van der Waals surface area (Å²) in [4.78, 5) is 43.6. The fraction of sp³-hybridized carbons (Fsp3) is 0.273. The van der Waals surface area contributed by atoms with Gasteiger partial charge in [-0.25, -0.2) is 4.79 Å². The highest BCUT2D eigenvalue weighted by molar-refractivity contribution is 6.12. The van der Waals surface area contributed by atoms with Crippen molar-refractivity contribution in [3.05, 3.63) is 98.2 Å². The second-order valence-corrected chi connectivity index (χ2v) is 12.1. The SMILES string of the molecule is Cn1c(=O)c2c(nc(Oc3cccc([C@H]4Nc5ccc6ccccc6c5C5=C4C(=O)CC(C)(C)C5)c3)n2C)n(C)c1=O. The number of aryl methyl sites for hydroxylation is 2. The summed E-state index contributed by atoms with van der Waals surface area (Å²) in [6, 6.07) is 19.9. The van der Waals surface area contributed by atoms with Crippen LogP contribution in [0.3, 0.4) is 0 Å². The minimum Gasteiger partial charge on any atom is -0.425 e. The Kier molecular flexibility index (Phi) is 5.60. The minimum atomic E-state index is -0.458. The van der Waals surface area contributed by atoms with Gasteiger partial charge in [-0.05, 0) is 51.9 Å². The molecule has 5 aromatic rings. The van der Waals surface area contributed by atoms with Gasteiger partial charge >= 0.3 is 11.7 Å². The lowest BCUT2D eigenvalue weighted by Crippen LogP contribution is -2.37. The van der Waals surface area contributed by atoms with E-state index in [0.717, 1.165) is 49.7 Å². The van der Waals surface area contributed by atoms with Crippen molar-refractivity contribution in [2.24, 2.45) is 26.6 Å². The van der Waals surface area contributed by atoms with Crippen LogP contribution >= 0.6 is 0 Å². The number of hydrogen-bond donors (Lipinski definition) is 1. The first-order valence-corrected chi connectivity index (χ1v) is 14.0. The average molecular weight is 562 g/mol. The van der Waals surface area contributed by atoms with Crippen LogP contribution in [0.25, 0.3) is 27.5 Å². The lowest BCUT2D eigenvalue weighted by atomic mass is 9.68. The normalized spacial score (nSPS) is 17.7. The monoisotopic (exact) mass is 561 g/mol. The molecule has 1 aliphatic carbocycles. The van der Waals surface area contributed by atoms with Gasteiger partial charge < -0.3 is 10.1 Å². The second kappa shape index (κ2) is 9.04. The smallest absolute Gasteiger partial charge is 0.332 e. The Morgan fingerprint density at radius 1 is 0.905 bits per heavy atom. The van der Waals surface area contributed by atoms with Crippen molar-refractivity contribution in [2.45, 2.75) is 32.7 Å². The van der Waals surface area contributed by atoms with Crippen LogP contribution in [-0.4, -0.2) is 24.5 Å². The summed E-state index contributed by atoms with van der Waals surface area (Å²) in [7, 11) is 4.70. The van der Waals surface area contributed by atoms with E-state index in [-0.39, 0.29) is 34.4 Å². The molecule has 3 aromatic carbocycles. The molecule has 0 unspecified atom stereocenters. The minimum absolute atomic E-state index is 0.145. The number of allylic oxidation sites excluding steroid dienone is 1. The van der Waals surface area contributed by atoms with Crippen molar-refractivity contribution >= 4 is 39.0 Å². The average Bonchev–Trinajstić information content (AvgIpc) is 3.29. The number of nitrogens with zero attached hydrogens (tertiary/aromatic N) is 4. The molecule has 9 heteroatoms. The Balaban J connectivity index is 1.34. The number of ketones is 1. The van der Waals surface area contributed by atoms with Gasteiger partial charge in [0.1, 0.15) is 5.75 Å². The van der Waals surface area contributed by atoms with E-state index in [9.17, 15) is 14.4 Å². The number of rotatable bonds is 3. The number of carbonyl (C=O) groups is 1. The third-order valence-corrected chi connectivity index (χ3v) is 8.57. The molecule has 0 bridgehead atoms. The number of benzene rings is 3. The number of fused-ring (bicyclic) bond motifs is 5. The number of hydrogen-bond acceptors (Lipinski definition) is 6. The maximum Gasteiger partial charge on any atom is 0.332 e. The third-order valence-electron chi connectivity index (χ3n) is 8.57. The topological polar surface area (TPSA) is 100 Å². The van der Waals surface area contributed by atoms with E-state index in [4.69, 9.17) is 4.74 Å². The number of aromatic nitrogens is 4. The summed E-state index contributed by atoms with van der Waals surface area (Å²) in [5.41, 5.74) is 4.38. The molecule has 0 saturated carbocycles. The van der Waals surface area contributed by atoms with Gasteiger partial charge in [0.2, 0.25) is 0 Å². The van der Waals surface area contributed by atoms with Gasteiger partial charge in [-0.1, -0.05) is 56.3 Å². The summed E-state index contributed by atoms with van der Waals surface area (Å²) < 4.78 is 10.1. The second-order valence-electron chi connectivity index (χ2n) is 12.1. The Morgan fingerprint density at radius 2 is 1.69 bits per heavy atom. The molecule has 0 radical (unpaired) electrons. The van der Waals surface area contributed by atoms with Crippen LogP contribution in [0, 0.1) is 5.41 Å². The summed E-state index contributed by atoms with van der Waals surface area (Å²) in [6.45, 7) is 4.32. The first kappa shape index (κ1) is 26.0. The lowest BCUT2D eigenvalue weighted by molar-refractivity contribution is -0.118. The van der Waals surface area contributed by atoms with Crippen molar-refractivity contribution in [1.29, 1.82) is 0 Å². The van der Waals surface area contributed by atoms with E-state index in [0.29, 0.717) is 12.2 Å². The first-order valence-electron chi connectivity index (χ1n) is 14.0. The molecule has 2 aliphatic rings. The van der Waals surface area contributed by atoms with Crippen LogP contribution in [-0.2, 0) is 25.9 Å². The van der Waals surface area contributed by atoms with E-state index in [1.807, 2.05) is 36.4 Å². The highest BCUT2D eigenvalue weighted by Crippen LogP contribution is 2.52. The van der Waals surface area contributed by atoms with Crippen molar-refractivity contribution in [1.82, 2.24) is 18.7 Å². The molecule has 3 heterocycles. The molecule has 1 N–H and O–H groups in total. The Hall–Kier alpha value is -4.92. The molecule has 0 fully saturated rings. The number of ether oxygens (including phenoxy) is 1. The van der Waals surface area contributed by atoms with Gasteiger partial charge in [0.25, 0.3) is 5.56 Å². The molecule has 42 heavy (non-hydrogen) atoms. The summed E-state index contributed by atoms with van der Waals surface area (Å²) in [5, 5.41) is 5.96. The largest absolute Gasteiger partial charge is 0.425 e. The van der Waals surface area contributed by atoms with Crippen molar-refractivity contribution in [3.8, 4) is 11.8 Å². The van der Waals surface area contributed by atoms with Crippen LogP contribution in [0.5, 0.6) is 11.8 Å². The molecule has 9 nitrogen and oxygen atoms in total. The molecular formula is C33H31N5O4. The highest BCUT2D eigenvalue weighted by Gasteiger charge is 2.41. The van der Waals surface area contributed by atoms with Gasteiger partial charge in [0.05, 0.1) is 6.04 Å². The Labute approximate surface area is 241 Å². The molecule has 212 valence electrons. The molecule has 1 atom stereocenters. The van der Waals surface area contributed by atoms with Crippen molar-refractivity contribution < 1.29 is 9.53 Å². The lowest BCUT2D eigenvalue weighted by Gasteiger charge is -2.40. The van der Waals surface area contributed by atoms with Crippen LogP contribution in [0.1, 0.15) is 43.9 Å². The predicted octanol–water partition coefficient (Wildman–Crippen LogP) is 5.23. The van der Waals surface area contributed by atoms with Gasteiger partial charge in [0.15, 0.2) is 16.9 Å². The fourth-order valence-electron chi connectivity index (χ4n) is 6.54. The quantitative estimate of drug-likeness (QED) is 0.324. The first-order chi connectivity index (χ1) is 20.0. The van der Waals surface area contributed by atoms with Crippen LogP contribution in [0.2, 0.25) is 0 Å². The van der Waals surface area contributed by atoms with Crippen LogP contribution in [0.15, 0.2) is 75.8 Å². The molecule has 0 saturated heterocycles. The van der Waals surface area contributed by atoms with E-state index in [2.05, 4.69) is 48.4 Å². The number of nitrogens with one attached hydrogen (secondary N) is 1. The van der Waals surface area contributed by atoms with Gasteiger partial charge in [-0.15, -0.1) is 0 Å². The van der Waals surface area contributed by atoms with Gasteiger partial charge in [-0.3, -0.25) is 23.3 Å². The van der Waals surface area contributed by atoms with Gasteiger partial charge in [-0.2, -0.15) is 4.98 Å². The fourth-order valence-corrected chi connectivity index (χ4v) is 6.54. The molecule has 0 amide bonds. The maximum absolute atomic E-state index is 13.8. The summed E-state index contributed by atoms with van der Waals surface area (Å²) in [6.07, 6.45) is 1.28. The van der Waals surface area contributed by atoms with Crippen molar-refractivity contribution in [3.63, 3.8) is 0 Å². The van der Waals surface area contributed by atoms with E-state index in [1.54, 1.807) is 18.7 Å². The summed E-state index contributed by atoms with van der Waals surface area (Å²) in [5.74, 6) is 0.653. The molecule has 7 rings (SSSR count). The highest BCUT2D eigenvalue weighted by atomic mass is 16.5. The summed E-state index contributed by atoms with van der Waals surface area (Å²) >= 11 is 0. The predicted molar refractivity (Wildman–Crippen MR) is 163 cm³/mol. The zero-order chi connectivity index (χ0) is 29.5. The van der Waals surface area contributed by atoms with Crippen LogP contribution < -0.4 is 21.3 Å².